The monoisotopic (exact) mass is 390 g/mol. The van der Waals surface area contributed by atoms with Crippen LogP contribution in [0.5, 0.6) is 0 Å². The van der Waals surface area contributed by atoms with Crippen molar-refractivity contribution in [3.05, 3.63) is 27.2 Å². The van der Waals surface area contributed by atoms with E-state index in [9.17, 15) is 0 Å². The maximum Gasteiger partial charge on any atom is 0.131 e. The number of hydrogen-bond acceptors (Lipinski definition) is 7. The van der Waals surface area contributed by atoms with Crippen LogP contribution in [0.15, 0.2) is 0 Å². The molecule has 2 fully saturated rings. The number of morpholine rings is 1. The van der Waals surface area contributed by atoms with Gasteiger partial charge in [0.1, 0.15) is 15.8 Å². The molecule has 0 aromatic carbocycles. The zero-order valence-corrected chi connectivity index (χ0v) is 17.4. The van der Waals surface area contributed by atoms with Gasteiger partial charge in [-0.1, -0.05) is 6.92 Å². The molecule has 2 aliphatic heterocycles. The third kappa shape index (κ3) is 4.39. The number of nitrogens with one attached hydrogen (secondary N) is 1. The molecule has 0 unspecified atom stereocenters. The predicted octanol–water partition coefficient (Wildman–Crippen LogP) is 2.31. The van der Waals surface area contributed by atoms with Crippen molar-refractivity contribution in [2.24, 2.45) is 0 Å². The van der Waals surface area contributed by atoms with Gasteiger partial charge in [0.2, 0.25) is 0 Å². The molecular weight excluding hydrogens is 360 g/mol. The Bertz CT molecular complexity index is 764. The molecule has 1 N–H and O–H groups in total. The highest BCUT2D eigenvalue weighted by Crippen LogP contribution is 2.31. The summed E-state index contributed by atoms with van der Waals surface area (Å²) in [4.78, 5) is 13.1. The van der Waals surface area contributed by atoms with Gasteiger partial charge in [0.25, 0.3) is 0 Å². The maximum absolute atomic E-state index is 6.30. The lowest BCUT2D eigenvalue weighted by molar-refractivity contribution is -0.138. The third-order valence-electron chi connectivity index (χ3n) is 5.76. The maximum atomic E-state index is 6.30. The molecule has 0 radical (unpaired) electrons. The van der Waals surface area contributed by atoms with E-state index < -0.39 is 0 Å². The summed E-state index contributed by atoms with van der Waals surface area (Å²) in [5.41, 5.74) is 2.41. The minimum absolute atomic E-state index is 0.00365. The smallest absolute Gasteiger partial charge is 0.131 e. The van der Waals surface area contributed by atoms with E-state index in [1.807, 2.05) is 6.92 Å². The Labute approximate surface area is 165 Å². The number of hydrogen-bond donors (Lipinski definition) is 1. The molecule has 0 bridgehead atoms. The average molecular weight is 391 g/mol. The standard InChI is InChI=1S/C19H30N6OS/c1-4-17-20-14(2)16(21-17)11-24-7-5-19(6-8-24)13-25(9-10-26-19)12-18-23-22-15(3)27-18/h4-13H2,1-3H3,(H,20,21). The van der Waals surface area contributed by atoms with E-state index in [0.717, 1.165) is 81.0 Å². The molecule has 4 rings (SSSR count). The van der Waals surface area contributed by atoms with Crippen molar-refractivity contribution in [3.8, 4) is 0 Å². The number of aryl methyl sites for hydroxylation is 3. The fraction of sp³-hybridized carbons (Fsp3) is 0.737. The van der Waals surface area contributed by atoms with Gasteiger partial charge in [0, 0.05) is 44.8 Å². The Kier molecular flexibility index (Phi) is 5.59. The Morgan fingerprint density at radius 3 is 2.59 bits per heavy atom. The van der Waals surface area contributed by atoms with E-state index in [-0.39, 0.29) is 5.60 Å². The molecule has 2 aromatic heterocycles. The molecule has 0 aliphatic carbocycles. The van der Waals surface area contributed by atoms with Gasteiger partial charge in [-0.3, -0.25) is 9.80 Å². The number of rotatable bonds is 5. The summed E-state index contributed by atoms with van der Waals surface area (Å²) in [6.07, 6.45) is 3.13. The van der Waals surface area contributed by atoms with Crippen LogP contribution >= 0.6 is 11.3 Å². The Balaban J connectivity index is 1.32. The number of ether oxygens (including phenoxy) is 1. The van der Waals surface area contributed by atoms with Crippen molar-refractivity contribution in [1.82, 2.24) is 30.0 Å². The van der Waals surface area contributed by atoms with Crippen LogP contribution < -0.4 is 0 Å². The summed E-state index contributed by atoms with van der Waals surface area (Å²) in [6.45, 7) is 13.1. The van der Waals surface area contributed by atoms with Crippen molar-refractivity contribution < 1.29 is 4.74 Å². The van der Waals surface area contributed by atoms with Crippen molar-refractivity contribution in [2.75, 3.05) is 32.8 Å². The van der Waals surface area contributed by atoms with Gasteiger partial charge in [0.05, 0.1) is 24.4 Å². The van der Waals surface area contributed by atoms with Gasteiger partial charge in [-0.05, 0) is 26.7 Å². The van der Waals surface area contributed by atoms with Crippen molar-refractivity contribution in [3.63, 3.8) is 0 Å². The van der Waals surface area contributed by atoms with Crippen LogP contribution in [0, 0.1) is 13.8 Å². The largest absolute Gasteiger partial charge is 0.372 e. The van der Waals surface area contributed by atoms with Crippen LogP contribution in [-0.4, -0.2) is 68.4 Å². The number of nitrogens with zero attached hydrogens (tertiary/aromatic N) is 5. The second kappa shape index (κ2) is 7.95. The van der Waals surface area contributed by atoms with Gasteiger partial charge in [-0.15, -0.1) is 21.5 Å². The quantitative estimate of drug-likeness (QED) is 0.845. The lowest BCUT2D eigenvalue weighted by atomic mass is 9.89. The number of piperidine rings is 1. The number of imidazole rings is 1. The van der Waals surface area contributed by atoms with Crippen LogP contribution in [0.2, 0.25) is 0 Å². The van der Waals surface area contributed by atoms with Gasteiger partial charge in [-0.25, -0.2) is 4.98 Å². The van der Waals surface area contributed by atoms with E-state index in [2.05, 4.69) is 38.8 Å². The molecule has 8 heteroatoms. The number of H-pyrrole nitrogens is 1. The molecule has 148 valence electrons. The SMILES string of the molecule is CCc1nc(CN2CCC3(CC2)CN(Cc2nnc(C)s2)CCO3)c(C)[nH]1. The zero-order chi connectivity index (χ0) is 18.9. The van der Waals surface area contributed by atoms with Crippen LogP contribution in [0.4, 0.5) is 0 Å². The van der Waals surface area contributed by atoms with E-state index in [1.54, 1.807) is 11.3 Å². The molecular formula is C19H30N6OS. The Hall–Kier alpha value is -1.35. The minimum atomic E-state index is 0.00365. The first-order chi connectivity index (χ1) is 13.0. The highest BCUT2D eigenvalue weighted by molar-refractivity contribution is 7.11. The van der Waals surface area contributed by atoms with E-state index in [0.29, 0.717) is 0 Å². The molecule has 0 amide bonds. The highest BCUT2D eigenvalue weighted by atomic mass is 32.1. The number of aromatic nitrogens is 4. The normalized spacial score (nSPS) is 21.1. The summed E-state index contributed by atoms with van der Waals surface area (Å²) >= 11 is 1.70. The van der Waals surface area contributed by atoms with Crippen molar-refractivity contribution >= 4 is 11.3 Å². The first kappa shape index (κ1) is 19.0. The van der Waals surface area contributed by atoms with Crippen LogP contribution in [0.25, 0.3) is 0 Å². The van der Waals surface area contributed by atoms with E-state index in [1.165, 1.54) is 11.4 Å². The Morgan fingerprint density at radius 1 is 1.11 bits per heavy atom. The first-order valence-electron chi connectivity index (χ1n) is 9.97. The summed E-state index contributed by atoms with van der Waals surface area (Å²) in [5.74, 6) is 1.09. The van der Waals surface area contributed by atoms with E-state index in [4.69, 9.17) is 9.72 Å². The molecule has 1 spiro atoms. The third-order valence-corrected chi connectivity index (χ3v) is 6.59. The fourth-order valence-corrected chi connectivity index (χ4v) is 4.92. The minimum Gasteiger partial charge on any atom is -0.372 e. The number of aromatic amines is 1. The summed E-state index contributed by atoms with van der Waals surface area (Å²) in [6, 6.07) is 0. The molecule has 2 saturated heterocycles. The number of likely N-dealkylation sites (tertiary alicyclic amines) is 1. The molecule has 4 heterocycles. The Morgan fingerprint density at radius 2 is 1.93 bits per heavy atom. The first-order valence-corrected chi connectivity index (χ1v) is 10.8. The molecule has 7 nitrogen and oxygen atoms in total. The van der Waals surface area contributed by atoms with Gasteiger partial charge in [-0.2, -0.15) is 0 Å². The summed E-state index contributed by atoms with van der Waals surface area (Å²) < 4.78 is 6.30. The van der Waals surface area contributed by atoms with Gasteiger partial charge >= 0.3 is 0 Å². The fourth-order valence-electron chi connectivity index (χ4n) is 4.17. The summed E-state index contributed by atoms with van der Waals surface area (Å²) in [7, 11) is 0. The van der Waals surface area contributed by atoms with Gasteiger partial charge < -0.3 is 9.72 Å². The topological polar surface area (TPSA) is 70.2 Å². The molecule has 27 heavy (non-hydrogen) atoms. The van der Waals surface area contributed by atoms with Gasteiger partial charge in [0.15, 0.2) is 0 Å². The zero-order valence-electron chi connectivity index (χ0n) is 16.6. The second-order valence-electron chi connectivity index (χ2n) is 7.84. The highest BCUT2D eigenvalue weighted by Gasteiger charge is 2.39. The molecule has 2 aromatic rings. The molecule has 2 aliphatic rings. The lowest BCUT2D eigenvalue weighted by Gasteiger charge is -2.47. The second-order valence-corrected chi connectivity index (χ2v) is 9.11. The summed E-state index contributed by atoms with van der Waals surface area (Å²) in [5, 5.41) is 10.6. The molecule has 0 atom stereocenters. The van der Waals surface area contributed by atoms with Crippen LogP contribution in [0.3, 0.4) is 0 Å². The van der Waals surface area contributed by atoms with Crippen molar-refractivity contribution in [1.29, 1.82) is 0 Å². The van der Waals surface area contributed by atoms with Crippen LogP contribution in [0.1, 0.15) is 47.0 Å². The average Bonchev–Trinajstić information content (AvgIpc) is 3.23. The lowest BCUT2D eigenvalue weighted by Crippen LogP contribution is -2.56. The van der Waals surface area contributed by atoms with Crippen LogP contribution in [-0.2, 0) is 24.2 Å². The molecule has 0 saturated carbocycles. The van der Waals surface area contributed by atoms with Crippen molar-refractivity contribution in [2.45, 2.75) is 58.7 Å². The predicted molar refractivity (Wildman–Crippen MR) is 106 cm³/mol. The van der Waals surface area contributed by atoms with E-state index >= 15 is 0 Å².